The van der Waals surface area contributed by atoms with E-state index < -0.39 is 6.10 Å². The second-order valence-corrected chi connectivity index (χ2v) is 10.5. The normalized spacial score (nSPS) is 19.7. The Bertz CT molecular complexity index is 1040. The molecule has 2 atom stereocenters. The van der Waals surface area contributed by atoms with Crippen molar-refractivity contribution in [2.24, 2.45) is 5.92 Å². The SMILES string of the molecule is CCN(CC)C(=O)C1CCCN(C(=O)c2coc(CN3CCN(CC(O)COCc4ccccc4)CC3)n2)C1. The molecule has 1 N–H and O–H groups in total. The van der Waals surface area contributed by atoms with E-state index in [1.165, 1.54) is 6.26 Å². The zero-order valence-electron chi connectivity index (χ0n) is 23.3. The lowest BCUT2D eigenvalue weighted by atomic mass is 9.96. The molecule has 1 aromatic carbocycles. The highest BCUT2D eigenvalue weighted by atomic mass is 16.5. The van der Waals surface area contributed by atoms with Gasteiger partial charge in [-0.25, -0.2) is 4.98 Å². The summed E-state index contributed by atoms with van der Waals surface area (Å²) in [5.74, 6) is 0.327. The number of aliphatic hydroxyl groups excluding tert-OH is 1. The molecule has 214 valence electrons. The van der Waals surface area contributed by atoms with E-state index in [1.54, 1.807) is 4.90 Å². The summed E-state index contributed by atoms with van der Waals surface area (Å²) in [6, 6.07) is 9.96. The summed E-state index contributed by atoms with van der Waals surface area (Å²) in [6.07, 6.45) is 2.53. The molecule has 2 unspecified atom stereocenters. The van der Waals surface area contributed by atoms with Gasteiger partial charge in [0.15, 0.2) is 5.69 Å². The van der Waals surface area contributed by atoms with Gasteiger partial charge in [-0.15, -0.1) is 0 Å². The van der Waals surface area contributed by atoms with Crippen molar-refractivity contribution in [3.05, 3.63) is 53.7 Å². The van der Waals surface area contributed by atoms with Crippen molar-refractivity contribution in [3.63, 3.8) is 0 Å². The number of carbonyl (C=O) groups excluding carboxylic acids is 2. The Morgan fingerprint density at radius 2 is 1.82 bits per heavy atom. The van der Waals surface area contributed by atoms with Gasteiger partial charge < -0.3 is 24.1 Å². The minimum Gasteiger partial charge on any atom is -0.447 e. The van der Waals surface area contributed by atoms with Crippen LogP contribution in [0.2, 0.25) is 0 Å². The summed E-state index contributed by atoms with van der Waals surface area (Å²) in [5.41, 5.74) is 1.40. The van der Waals surface area contributed by atoms with Gasteiger partial charge in [0.1, 0.15) is 6.26 Å². The second kappa shape index (κ2) is 14.6. The van der Waals surface area contributed by atoms with Crippen LogP contribution in [-0.2, 0) is 22.7 Å². The molecule has 1 aromatic heterocycles. The standard InChI is InChI=1S/C29H43N5O5/c1-3-33(4-2)28(36)24-11-8-12-34(17-24)29(37)26-22-39-27(30-26)19-32-15-13-31(14-16-32)18-25(35)21-38-20-23-9-6-5-7-10-23/h5-7,9-10,22,24-25,35H,3-4,8,11-21H2,1-2H3. The van der Waals surface area contributed by atoms with E-state index in [1.807, 2.05) is 49.1 Å². The third-order valence-corrected chi connectivity index (χ3v) is 7.62. The van der Waals surface area contributed by atoms with E-state index in [2.05, 4.69) is 14.8 Å². The number of ether oxygens (including phenoxy) is 1. The highest BCUT2D eigenvalue weighted by Gasteiger charge is 2.32. The van der Waals surface area contributed by atoms with Gasteiger partial charge in [-0.05, 0) is 32.3 Å². The maximum atomic E-state index is 13.1. The molecule has 4 rings (SSSR count). The van der Waals surface area contributed by atoms with E-state index in [0.717, 1.165) is 44.6 Å². The lowest BCUT2D eigenvalue weighted by molar-refractivity contribution is -0.136. The number of rotatable bonds is 12. The zero-order valence-corrected chi connectivity index (χ0v) is 23.3. The van der Waals surface area contributed by atoms with Crippen molar-refractivity contribution < 1.29 is 23.8 Å². The topological polar surface area (TPSA) is 103 Å². The third-order valence-electron chi connectivity index (χ3n) is 7.62. The summed E-state index contributed by atoms with van der Waals surface area (Å²) < 4.78 is 11.3. The molecular weight excluding hydrogens is 498 g/mol. The van der Waals surface area contributed by atoms with E-state index in [0.29, 0.717) is 64.1 Å². The van der Waals surface area contributed by atoms with Crippen LogP contribution in [0.25, 0.3) is 0 Å². The van der Waals surface area contributed by atoms with Crippen LogP contribution in [0, 0.1) is 5.92 Å². The van der Waals surface area contributed by atoms with Crippen LogP contribution in [0.3, 0.4) is 0 Å². The first kappa shape index (κ1) is 29.2. The molecule has 2 aliphatic heterocycles. The quantitative estimate of drug-likeness (QED) is 0.436. The van der Waals surface area contributed by atoms with Gasteiger partial charge in [-0.3, -0.25) is 19.4 Å². The van der Waals surface area contributed by atoms with Gasteiger partial charge in [-0.2, -0.15) is 0 Å². The van der Waals surface area contributed by atoms with E-state index in [-0.39, 0.29) is 17.7 Å². The van der Waals surface area contributed by atoms with Crippen molar-refractivity contribution >= 4 is 11.8 Å². The minimum atomic E-state index is -0.530. The van der Waals surface area contributed by atoms with Gasteiger partial charge in [0.05, 0.1) is 31.8 Å². The number of oxazole rings is 1. The average molecular weight is 542 g/mol. The fourth-order valence-electron chi connectivity index (χ4n) is 5.36. The van der Waals surface area contributed by atoms with Crippen molar-refractivity contribution in [2.75, 3.05) is 65.5 Å². The lowest BCUT2D eigenvalue weighted by Gasteiger charge is -2.35. The maximum absolute atomic E-state index is 13.1. The number of aromatic nitrogens is 1. The van der Waals surface area contributed by atoms with Crippen molar-refractivity contribution in [2.45, 2.75) is 45.9 Å². The molecule has 0 saturated carbocycles. The molecule has 10 nitrogen and oxygen atoms in total. The molecule has 2 aromatic rings. The second-order valence-electron chi connectivity index (χ2n) is 10.5. The first-order valence-corrected chi connectivity index (χ1v) is 14.2. The summed E-state index contributed by atoms with van der Waals surface area (Å²) in [4.78, 5) is 38.4. The lowest BCUT2D eigenvalue weighted by Crippen LogP contribution is -2.48. The van der Waals surface area contributed by atoms with Crippen molar-refractivity contribution in [3.8, 4) is 0 Å². The smallest absolute Gasteiger partial charge is 0.275 e. The molecule has 2 fully saturated rings. The summed E-state index contributed by atoms with van der Waals surface area (Å²) in [7, 11) is 0. The van der Waals surface area contributed by atoms with Crippen LogP contribution < -0.4 is 0 Å². The van der Waals surface area contributed by atoms with Crippen LogP contribution in [0.4, 0.5) is 0 Å². The van der Waals surface area contributed by atoms with Crippen LogP contribution in [0.15, 0.2) is 41.0 Å². The number of amides is 2. The molecule has 2 aliphatic rings. The zero-order chi connectivity index (χ0) is 27.6. The number of carbonyl (C=O) groups is 2. The molecule has 0 aliphatic carbocycles. The number of piperidine rings is 1. The fraction of sp³-hybridized carbons (Fsp3) is 0.621. The van der Waals surface area contributed by atoms with Crippen molar-refractivity contribution in [1.82, 2.24) is 24.6 Å². The number of likely N-dealkylation sites (tertiary alicyclic amines) is 1. The number of β-amino-alcohol motifs (C(OH)–C–C–N with tert-alkyl or cyclic N) is 1. The van der Waals surface area contributed by atoms with Gasteiger partial charge in [-0.1, -0.05) is 30.3 Å². The van der Waals surface area contributed by atoms with Crippen LogP contribution in [0.1, 0.15) is 48.6 Å². The largest absolute Gasteiger partial charge is 0.447 e. The number of aliphatic hydroxyl groups is 1. The fourth-order valence-corrected chi connectivity index (χ4v) is 5.36. The van der Waals surface area contributed by atoms with E-state index in [4.69, 9.17) is 9.15 Å². The van der Waals surface area contributed by atoms with E-state index >= 15 is 0 Å². The van der Waals surface area contributed by atoms with Gasteiger partial charge in [0.25, 0.3) is 5.91 Å². The number of nitrogens with zero attached hydrogens (tertiary/aromatic N) is 5. The summed E-state index contributed by atoms with van der Waals surface area (Å²) in [5, 5.41) is 10.4. The molecule has 39 heavy (non-hydrogen) atoms. The van der Waals surface area contributed by atoms with Gasteiger partial charge in [0.2, 0.25) is 11.8 Å². The minimum absolute atomic E-state index is 0.129. The number of hydrogen-bond acceptors (Lipinski definition) is 8. The Balaban J connectivity index is 1.18. The predicted octanol–water partition coefficient (Wildman–Crippen LogP) is 2.09. The summed E-state index contributed by atoms with van der Waals surface area (Å²) >= 11 is 0. The molecular formula is C29H43N5O5. The maximum Gasteiger partial charge on any atom is 0.275 e. The molecule has 10 heteroatoms. The first-order valence-electron chi connectivity index (χ1n) is 14.2. The Morgan fingerprint density at radius 1 is 1.10 bits per heavy atom. The van der Waals surface area contributed by atoms with Crippen LogP contribution in [-0.4, -0.2) is 113 Å². The molecule has 2 saturated heterocycles. The van der Waals surface area contributed by atoms with Gasteiger partial charge in [0, 0.05) is 58.9 Å². The Kier molecular flexibility index (Phi) is 10.9. The third kappa shape index (κ3) is 8.35. The Labute approximate surface area is 231 Å². The first-order chi connectivity index (χ1) is 19.0. The van der Waals surface area contributed by atoms with Crippen molar-refractivity contribution in [1.29, 1.82) is 0 Å². The highest BCUT2D eigenvalue weighted by molar-refractivity contribution is 5.92. The van der Waals surface area contributed by atoms with Crippen LogP contribution >= 0.6 is 0 Å². The number of piperazine rings is 1. The van der Waals surface area contributed by atoms with E-state index in [9.17, 15) is 14.7 Å². The Hall–Kier alpha value is -2.79. The number of hydrogen-bond donors (Lipinski definition) is 1. The van der Waals surface area contributed by atoms with Crippen LogP contribution in [0.5, 0.6) is 0 Å². The highest BCUT2D eigenvalue weighted by Crippen LogP contribution is 2.21. The average Bonchev–Trinajstić information content (AvgIpc) is 3.43. The molecule has 0 bridgehead atoms. The predicted molar refractivity (Wildman–Crippen MR) is 147 cm³/mol. The molecule has 0 radical (unpaired) electrons. The van der Waals surface area contributed by atoms with Gasteiger partial charge >= 0.3 is 0 Å². The molecule has 0 spiro atoms. The summed E-state index contributed by atoms with van der Waals surface area (Å²) in [6.45, 7) is 11.6. The molecule has 3 heterocycles. The molecule has 2 amide bonds. The monoisotopic (exact) mass is 541 g/mol. The Morgan fingerprint density at radius 3 is 2.54 bits per heavy atom. The number of benzene rings is 1.